The van der Waals surface area contributed by atoms with Crippen LogP contribution in [0.4, 0.5) is 0 Å². The van der Waals surface area contributed by atoms with Gasteiger partial charge in [0.15, 0.2) is 5.78 Å². The second-order valence-corrected chi connectivity index (χ2v) is 5.87. The lowest BCUT2D eigenvalue weighted by molar-refractivity contribution is 0.0520. The maximum absolute atomic E-state index is 12.4. The topological polar surface area (TPSA) is 85.7 Å². The van der Waals surface area contributed by atoms with E-state index in [4.69, 9.17) is 9.47 Å². The van der Waals surface area contributed by atoms with Crippen LogP contribution in [0.15, 0.2) is 24.3 Å². The molecule has 138 valence electrons. The van der Waals surface area contributed by atoms with Gasteiger partial charge in [0.2, 0.25) is 0 Å². The summed E-state index contributed by atoms with van der Waals surface area (Å²) in [5.74, 6) is -0.585. The van der Waals surface area contributed by atoms with Crippen molar-refractivity contribution in [1.82, 2.24) is 4.98 Å². The molecule has 0 bridgehead atoms. The zero-order chi connectivity index (χ0) is 19.3. The van der Waals surface area contributed by atoms with Gasteiger partial charge in [0, 0.05) is 0 Å². The van der Waals surface area contributed by atoms with Crippen LogP contribution in [-0.2, 0) is 17.6 Å². The molecule has 0 saturated carbocycles. The number of esters is 1. The molecule has 1 aromatic heterocycles. The second-order valence-electron chi connectivity index (χ2n) is 5.87. The molecule has 1 aromatic carbocycles. The Morgan fingerprint density at radius 3 is 2.54 bits per heavy atom. The zero-order valence-corrected chi connectivity index (χ0v) is 15.5. The van der Waals surface area contributed by atoms with Crippen LogP contribution in [0, 0.1) is 6.92 Å². The molecule has 0 atom stereocenters. The number of aromatic nitrogens is 1. The summed E-state index contributed by atoms with van der Waals surface area (Å²) in [5.41, 5.74) is 1.77. The number of ketones is 1. The van der Waals surface area contributed by atoms with Crippen LogP contribution < -0.4 is 4.74 Å². The number of rotatable bonds is 7. The Balaban J connectivity index is 2.45. The van der Waals surface area contributed by atoms with E-state index in [1.54, 1.807) is 21.0 Å². The number of aromatic hydroxyl groups is 1. The van der Waals surface area contributed by atoms with Crippen molar-refractivity contribution < 1.29 is 24.2 Å². The van der Waals surface area contributed by atoms with Gasteiger partial charge in [-0.25, -0.2) is 4.79 Å². The smallest absolute Gasteiger partial charge is 0.340 e. The number of Topliss-reactive ketones (excluding diaryl/α,β-unsaturated/α-hetero) is 1. The van der Waals surface area contributed by atoms with Crippen LogP contribution in [0.2, 0.25) is 0 Å². The first-order valence-corrected chi connectivity index (χ1v) is 8.42. The number of carbonyl (C=O) groups is 2. The predicted octanol–water partition coefficient (Wildman–Crippen LogP) is 3.27. The first-order chi connectivity index (χ1) is 12.4. The fourth-order valence-electron chi connectivity index (χ4n) is 2.79. The summed E-state index contributed by atoms with van der Waals surface area (Å²) in [4.78, 5) is 28.8. The van der Waals surface area contributed by atoms with Crippen LogP contribution in [-0.4, -0.2) is 35.6 Å². The third-order valence-electron chi connectivity index (χ3n) is 4.04. The van der Waals surface area contributed by atoms with E-state index >= 15 is 0 Å². The van der Waals surface area contributed by atoms with Gasteiger partial charge in [0.25, 0.3) is 0 Å². The maximum atomic E-state index is 12.4. The molecule has 1 heterocycles. The Kier molecular flexibility index (Phi) is 6.33. The SMILES string of the molecule is CCOC(=O)c1c(CCc2cccc(OC)c2)nc(C)c(O)c1C(C)=O. The molecule has 26 heavy (non-hydrogen) atoms. The highest BCUT2D eigenvalue weighted by molar-refractivity contribution is 6.08. The molecular weight excluding hydrogens is 334 g/mol. The average molecular weight is 357 g/mol. The number of hydrogen-bond acceptors (Lipinski definition) is 6. The minimum Gasteiger partial charge on any atom is -0.505 e. The Morgan fingerprint density at radius 2 is 1.92 bits per heavy atom. The van der Waals surface area contributed by atoms with E-state index in [1.807, 2.05) is 24.3 Å². The molecule has 2 aromatic rings. The highest BCUT2D eigenvalue weighted by Gasteiger charge is 2.26. The minimum absolute atomic E-state index is 0.0309. The summed E-state index contributed by atoms with van der Waals surface area (Å²) >= 11 is 0. The number of carbonyl (C=O) groups excluding carboxylic acids is 2. The standard InChI is InChI=1S/C20H23NO5/c1-5-26-20(24)18-16(21-12(2)19(23)17(18)13(3)22)10-9-14-7-6-8-15(11-14)25-4/h6-8,11,23H,5,9-10H2,1-4H3. The molecule has 0 aliphatic heterocycles. The van der Waals surface area contributed by atoms with Crippen LogP contribution in [0.5, 0.6) is 11.5 Å². The lowest BCUT2D eigenvalue weighted by Crippen LogP contribution is -2.17. The molecule has 0 unspecified atom stereocenters. The number of ether oxygens (including phenoxy) is 2. The summed E-state index contributed by atoms with van der Waals surface area (Å²) in [5, 5.41) is 10.2. The fourth-order valence-corrected chi connectivity index (χ4v) is 2.79. The maximum Gasteiger partial charge on any atom is 0.340 e. The van der Waals surface area contributed by atoms with Crippen molar-refractivity contribution in [1.29, 1.82) is 0 Å². The van der Waals surface area contributed by atoms with E-state index < -0.39 is 11.8 Å². The van der Waals surface area contributed by atoms with Crippen LogP contribution in [0.25, 0.3) is 0 Å². The zero-order valence-electron chi connectivity index (χ0n) is 15.5. The predicted molar refractivity (Wildman–Crippen MR) is 97.0 cm³/mol. The Bertz CT molecular complexity index is 829. The molecule has 0 spiro atoms. The van der Waals surface area contributed by atoms with Crippen molar-refractivity contribution in [3.05, 3.63) is 52.3 Å². The van der Waals surface area contributed by atoms with Crippen LogP contribution in [0.1, 0.15) is 51.5 Å². The van der Waals surface area contributed by atoms with Gasteiger partial charge in [0.1, 0.15) is 11.5 Å². The first kappa shape index (κ1) is 19.4. The van der Waals surface area contributed by atoms with Gasteiger partial charge in [-0.3, -0.25) is 9.78 Å². The number of methoxy groups -OCH3 is 1. The summed E-state index contributed by atoms with van der Waals surface area (Å²) in [7, 11) is 1.60. The third kappa shape index (κ3) is 4.20. The largest absolute Gasteiger partial charge is 0.505 e. The highest BCUT2D eigenvalue weighted by atomic mass is 16.5. The first-order valence-electron chi connectivity index (χ1n) is 8.42. The quantitative estimate of drug-likeness (QED) is 0.605. The molecule has 0 fully saturated rings. The van der Waals surface area contributed by atoms with Gasteiger partial charge in [-0.05, 0) is 51.3 Å². The van der Waals surface area contributed by atoms with E-state index in [0.29, 0.717) is 24.2 Å². The summed E-state index contributed by atoms with van der Waals surface area (Å²) in [6.07, 6.45) is 1.01. The van der Waals surface area contributed by atoms with Crippen molar-refractivity contribution in [2.75, 3.05) is 13.7 Å². The van der Waals surface area contributed by atoms with Crippen molar-refractivity contribution in [3.63, 3.8) is 0 Å². The molecule has 0 saturated heterocycles. The second kappa shape index (κ2) is 8.47. The minimum atomic E-state index is -0.652. The van der Waals surface area contributed by atoms with Gasteiger partial charge >= 0.3 is 5.97 Å². The molecule has 0 radical (unpaired) electrons. The van der Waals surface area contributed by atoms with E-state index in [-0.39, 0.29) is 23.5 Å². The summed E-state index contributed by atoms with van der Waals surface area (Å²) < 4.78 is 10.3. The van der Waals surface area contributed by atoms with Crippen molar-refractivity contribution >= 4 is 11.8 Å². The fraction of sp³-hybridized carbons (Fsp3) is 0.350. The molecule has 0 aliphatic rings. The summed E-state index contributed by atoms with van der Waals surface area (Å²) in [6, 6.07) is 7.59. The van der Waals surface area contributed by atoms with Crippen molar-refractivity contribution in [2.24, 2.45) is 0 Å². The molecule has 6 heteroatoms. The third-order valence-corrected chi connectivity index (χ3v) is 4.04. The van der Waals surface area contributed by atoms with E-state index in [1.165, 1.54) is 6.92 Å². The van der Waals surface area contributed by atoms with E-state index in [9.17, 15) is 14.7 Å². The number of hydrogen-bond donors (Lipinski definition) is 1. The Morgan fingerprint density at radius 1 is 1.19 bits per heavy atom. The molecule has 6 nitrogen and oxygen atoms in total. The van der Waals surface area contributed by atoms with Gasteiger partial charge in [-0.2, -0.15) is 0 Å². The number of aryl methyl sites for hydroxylation is 3. The van der Waals surface area contributed by atoms with Crippen LogP contribution in [0.3, 0.4) is 0 Å². The van der Waals surface area contributed by atoms with Gasteiger partial charge in [-0.15, -0.1) is 0 Å². The van der Waals surface area contributed by atoms with E-state index in [2.05, 4.69) is 4.98 Å². The lowest BCUT2D eigenvalue weighted by Gasteiger charge is -2.15. The highest BCUT2D eigenvalue weighted by Crippen LogP contribution is 2.29. The van der Waals surface area contributed by atoms with Crippen molar-refractivity contribution in [2.45, 2.75) is 33.6 Å². The normalized spacial score (nSPS) is 10.5. The van der Waals surface area contributed by atoms with E-state index in [0.717, 1.165) is 11.3 Å². The molecule has 0 amide bonds. The average Bonchev–Trinajstić information content (AvgIpc) is 2.62. The van der Waals surface area contributed by atoms with Crippen LogP contribution >= 0.6 is 0 Å². The summed E-state index contributed by atoms with van der Waals surface area (Å²) in [6.45, 7) is 4.76. The molecule has 0 aliphatic carbocycles. The van der Waals surface area contributed by atoms with Gasteiger partial charge in [0.05, 0.1) is 36.2 Å². The number of benzene rings is 1. The Labute approximate surface area is 152 Å². The monoisotopic (exact) mass is 357 g/mol. The lowest BCUT2D eigenvalue weighted by atomic mass is 9.97. The molecular formula is C20H23NO5. The number of pyridine rings is 1. The molecule has 2 rings (SSSR count). The van der Waals surface area contributed by atoms with Gasteiger partial charge < -0.3 is 14.6 Å². The number of nitrogens with zero attached hydrogens (tertiary/aromatic N) is 1. The van der Waals surface area contributed by atoms with Crippen molar-refractivity contribution in [3.8, 4) is 11.5 Å². The Hall–Kier alpha value is -2.89. The van der Waals surface area contributed by atoms with Gasteiger partial charge in [-0.1, -0.05) is 12.1 Å². The molecule has 1 N–H and O–H groups in total.